The molecular weight excluding hydrogens is 386 g/mol. The molecule has 0 bridgehead atoms. The number of sulfone groups is 1. The minimum Gasteiger partial charge on any atom is -0.468 e. The predicted molar refractivity (Wildman–Crippen MR) is 113 cm³/mol. The third-order valence-corrected chi connectivity index (χ3v) is 7.21. The van der Waals surface area contributed by atoms with E-state index in [2.05, 4.69) is 28.6 Å². The van der Waals surface area contributed by atoms with Gasteiger partial charge in [-0.2, -0.15) is 0 Å². The van der Waals surface area contributed by atoms with Crippen LogP contribution in [-0.4, -0.2) is 35.2 Å². The van der Waals surface area contributed by atoms with E-state index in [1.54, 1.807) is 12.5 Å². The van der Waals surface area contributed by atoms with Gasteiger partial charge in [0.1, 0.15) is 5.76 Å². The number of furan rings is 1. The van der Waals surface area contributed by atoms with Crippen molar-refractivity contribution in [2.45, 2.75) is 70.7 Å². The zero-order valence-corrected chi connectivity index (χ0v) is 18.2. The van der Waals surface area contributed by atoms with Crippen LogP contribution in [0.5, 0.6) is 0 Å². The smallest absolute Gasteiger partial charge is 0.227 e. The molecule has 0 unspecified atom stereocenters. The molecule has 2 aromatic rings. The second-order valence-electron chi connectivity index (χ2n) is 7.77. The lowest BCUT2D eigenvalue weighted by Gasteiger charge is -2.25. The molecule has 0 atom stereocenters. The first-order valence-corrected chi connectivity index (χ1v) is 12.1. The second kappa shape index (κ2) is 10.1. The van der Waals surface area contributed by atoms with Gasteiger partial charge in [0.25, 0.3) is 0 Å². The Hall–Kier alpha value is -2.04. The highest BCUT2D eigenvalue weighted by Gasteiger charge is 2.30. The van der Waals surface area contributed by atoms with E-state index in [0.717, 1.165) is 43.6 Å². The zero-order valence-electron chi connectivity index (χ0n) is 17.4. The average Bonchev–Trinajstić information content (AvgIpc) is 3.31. The summed E-state index contributed by atoms with van der Waals surface area (Å²) in [5, 5.41) is 0.229. The summed E-state index contributed by atoms with van der Waals surface area (Å²) in [4.78, 5) is 6.52. The van der Waals surface area contributed by atoms with Crippen LogP contribution in [0.15, 0.2) is 34.2 Å². The number of unbranched alkanes of at least 4 members (excludes halogenated alkanes) is 1. The van der Waals surface area contributed by atoms with Gasteiger partial charge in [-0.15, -0.1) is 5.92 Å². The van der Waals surface area contributed by atoms with E-state index in [1.807, 2.05) is 23.6 Å². The van der Waals surface area contributed by atoms with Crippen molar-refractivity contribution in [1.29, 1.82) is 0 Å². The number of hydrogen-bond acceptors (Lipinski definition) is 5. The molecule has 1 fully saturated rings. The molecule has 0 spiro atoms. The van der Waals surface area contributed by atoms with Gasteiger partial charge < -0.3 is 8.98 Å². The van der Waals surface area contributed by atoms with Crippen molar-refractivity contribution in [1.82, 2.24) is 14.5 Å². The number of rotatable bonds is 11. The molecule has 2 heterocycles. The molecule has 1 aliphatic rings. The van der Waals surface area contributed by atoms with Crippen molar-refractivity contribution < 1.29 is 12.8 Å². The lowest BCUT2D eigenvalue weighted by molar-refractivity contribution is 0.256. The molecule has 1 saturated carbocycles. The SMILES string of the molecule is CC#CCN(Cc1ccco1)Cc1cnc(S(=O)(=O)CC2CCC2)n1CCCC. The van der Waals surface area contributed by atoms with Gasteiger partial charge in [0.15, 0.2) is 0 Å². The minimum absolute atomic E-state index is 0.215. The van der Waals surface area contributed by atoms with Crippen LogP contribution < -0.4 is 0 Å². The van der Waals surface area contributed by atoms with Gasteiger partial charge in [-0.05, 0) is 44.2 Å². The third-order valence-electron chi connectivity index (χ3n) is 5.42. The van der Waals surface area contributed by atoms with Crippen LogP contribution in [0.3, 0.4) is 0 Å². The lowest BCUT2D eigenvalue weighted by atomic mass is 9.87. The molecule has 0 aromatic carbocycles. The van der Waals surface area contributed by atoms with Crippen molar-refractivity contribution in [2.24, 2.45) is 5.92 Å². The Balaban J connectivity index is 1.83. The fourth-order valence-corrected chi connectivity index (χ4v) is 5.44. The van der Waals surface area contributed by atoms with Crippen molar-refractivity contribution in [3.8, 4) is 11.8 Å². The van der Waals surface area contributed by atoms with E-state index in [0.29, 0.717) is 26.2 Å². The Kier molecular flexibility index (Phi) is 7.57. The quantitative estimate of drug-likeness (QED) is 0.519. The normalized spacial score (nSPS) is 14.6. The Labute approximate surface area is 174 Å². The maximum absolute atomic E-state index is 13.0. The number of nitrogens with zero attached hydrogens (tertiary/aromatic N) is 3. The predicted octanol–water partition coefficient (Wildman–Crippen LogP) is 3.88. The molecule has 1 aliphatic carbocycles. The summed E-state index contributed by atoms with van der Waals surface area (Å²) < 4.78 is 33.4. The van der Waals surface area contributed by atoms with Gasteiger partial charge in [-0.25, -0.2) is 13.4 Å². The Morgan fingerprint density at radius 1 is 1.34 bits per heavy atom. The van der Waals surface area contributed by atoms with Gasteiger partial charge in [0.2, 0.25) is 15.0 Å². The molecule has 0 amide bonds. The standard InChI is InChI=1S/C22H31N3O3S/c1-3-5-12-24(17-21-11-8-14-28-21)16-20-15-23-22(25(20)13-6-4-2)29(26,27)18-19-9-7-10-19/h8,11,14-15,19H,4,6-7,9-10,12-13,16-18H2,1-2H3. The van der Waals surface area contributed by atoms with E-state index in [9.17, 15) is 8.42 Å². The highest BCUT2D eigenvalue weighted by Crippen LogP contribution is 2.30. The number of aromatic nitrogens is 2. The first-order valence-electron chi connectivity index (χ1n) is 10.4. The van der Waals surface area contributed by atoms with Crippen LogP contribution in [0.1, 0.15) is 57.4 Å². The van der Waals surface area contributed by atoms with Crippen molar-refractivity contribution in [3.63, 3.8) is 0 Å². The molecule has 0 aliphatic heterocycles. The largest absolute Gasteiger partial charge is 0.468 e. The van der Waals surface area contributed by atoms with E-state index >= 15 is 0 Å². The molecule has 7 heteroatoms. The monoisotopic (exact) mass is 417 g/mol. The number of imidazole rings is 1. The molecule has 158 valence electrons. The first kappa shape index (κ1) is 21.7. The minimum atomic E-state index is -3.38. The fourth-order valence-electron chi connectivity index (χ4n) is 3.58. The van der Waals surface area contributed by atoms with Gasteiger partial charge >= 0.3 is 0 Å². The summed E-state index contributed by atoms with van der Waals surface area (Å²) >= 11 is 0. The summed E-state index contributed by atoms with van der Waals surface area (Å²) in [5.41, 5.74) is 0.912. The maximum Gasteiger partial charge on any atom is 0.227 e. The van der Waals surface area contributed by atoms with Gasteiger partial charge in [0, 0.05) is 13.1 Å². The van der Waals surface area contributed by atoms with Crippen molar-refractivity contribution in [3.05, 3.63) is 36.0 Å². The Morgan fingerprint density at radius 2 is 2.17 bits per heavy atom. The number of hydrogen-bond donors (Lipinski definition) is 0. The van der Waals surface area contributed by atoms with Crippen LogP contribution in [-0.2, 0) is 29.5 Å². The zero-order chi connectivity index (χ0) is 20.7. The fraction of sp³-hybridized carbons (Fsp3) is 0.591. The van der Waals surface area contributed by atoms with E-state index < -0.39 is 9.84 Å². The van der Waals surface area contributed by atoms with Crippen LogP contribution in [0.2, 0.25) is 0 Å². The summed E-state index contributed by atoms with van der Waals surface area (Å²) in [5.74, 6) is 7.41. The van der Waals surface area contributed by atoms with Crippen molar-refractivity contribution >= 4 is 9.84 Å². The molecule has 0 radical (unpaired) electrons. The van der Waals surface area contributed by atoms with Gasteiger partial charge in [-0.1, -0.05) is 25.7 Å². The summed E-state index contributed by atoms with van der Waals surface area (Å²) in [7, 11) is -3.38. The third kappa shape index (κ3) is 5.74. The molecule has 0 saturated heterocycles. The molecule has 29 heavy (non-hydrogen) atoms. The van der Waals surface area contributed by atoms with Crippen LogP contribution in [0, 0.1) is 17.8 Å². The summed E-state index contributed by atoms with van der Waals surface area (Å²) in [6.45, 7) is 6.37. The molecule has 6 nitrogen and oxygen atoms in total. The second-order valence-corrected chi connectivity index (χ2v) is 9.69. The topological polar surface area (TPSA) is 68.3 Å². The lowest BCUT2D eigenvalue weighted by Crippen LogP contribution is -2.27. The highest BCUT2D eigenvalue weighted by molar-refractivity contribution is 7.91. The maximum atomic E-state index is 13.0. The molecule has 3 rings (SSSR count). The highest BCUT2D eigenvalue weighted by atomic mass is 32.2. The van der Waals surface area contributed by atoms with E-state index in [-0.39, 0.29) is 16.8 Å². The van der Waals surface area contributed by atoms with E-state index in [1.165, 1.54) is 0 Å². The van der Waals surface area contributed by atoms with Gasteiger partial charge in [0.05, 0.1) is 37.0 Å². The first-order chi connectivity index (χ1) is 14.0. The van der Waals surface area contributed by atoms with Gasteiger partial charge in [-0.3, -0.25) is 4.90 Å². The average molecular weight is 418 g/mol. The summed E-state index contributed by atoms with van der Waals surface area (Å²) in [6.07, 6.45) is 8.45. The molecule has 2 aromatic heterocycles. The van der Waals surface area contributed by atoms with Crippen LogP contribution in [0.25, 0.3) is 0 Å². The molecule has 0 N–H and O–H groups in total. The Bertz CT molecular complexity index is 932. The van der Waals surface area contributed by atoms with E-state index in [4.69, 9.17) is 4.42 Å². The van der Waals surface area contributed by atoms with Crippen LogP contribution in [0.4, 0.5) is 0 Å². The van der Waals surface area contributed by atoms with Crippen LogP contribution >= 0.6 is 0 Å². The molecular formula is C22H31N3O3S. The summed E-state index contributed by atoms with van der Waals surface area (Å²) in [6, 6.07) is 3.81. The Morgan fingerprint density at radius 3 is 2.79 bits per heavy atom. The van der Waals surface area contributed by atoms with Crippen molar-refractivity contribution in [2.75, 3.05) is 12.3 Å².